The van der Waals surface area contributed by atoms with Gasteiger partial charge in [0.2, 0.25) is 0 Å². The molecule has 0 heterocycles. The minimum Gasteiger partial charge on any atom is -0.401 e. The monoisotopic (exact) mass is 300 g/mol. The van der Waals surface area contributed by atoms with Gasteiger partial charge in [0.25, 0.3) is 0 Å². The molecule has 0 saturated carbocycles. The van der Waals surface area contributed by atoms with Crippen LogP contribution in [0.25, 0.3) is 6.08 Å². The zero-order valence-corrected chi connectivity index (χ0v) is 15.4. The summed E-state index contributed by atoms with van der Waals surface area (Å²) in [7, 11) is -1.79. The van der Waals surface area contributed by atoms with Gasteiger partial charge in [0, 0.05) is 0 Å². The Bertz CT molecular complexity index is 536. The van der Waals surface area contributed by atoms with E-state index in [9.17, 15) is 0 Å². The minimum absolute atomic E-state index is 0.200. The summed E-state index contributed by atoms with van der Waals surface area (Å²) in [4.78, 5) is 0. The standard InChI is InChI=1S/C19H28OSi/c1-18(2,3)21(6,7)20-19(4,5)16-12-11-15-17-13-9-8-10-14-17/h8-11,13-15H,1-7H3/b15-11+. The zero-order valence-electron chi connectivity index (χ0n) is 14.4. The van der Waals surface area contributed by atoms with Gasteiger partial charge in [-0.2, -0.15) is 0 Å². The van der Waals surface area contributed by atoms with E-state index in [1.165, 1.54) is 0 Å². The Morgan fingerprint density at radius 3 is 2.10 bits per heavy atom. The summed E-state index contributed by atoms with van der Waals surface area (Å²) >= 11 is 0. The highest BCUT2D eigenvalue weighted by molar-refractivity contribution is 6.74. The average Bonchev–Trinajstić information content (AvgIpc) is 2.33. The van der Waals surface area contributed by atoms with Crippen molar-refractivity contribution < 1.29 is 4.43 Å². The molecule has 21 heavy (non-hydrogen) atoms. The number of benzene rings is 1. The van der Waals surface area contributed by atoms with E-state index in [0.29, 0.717) is 0 Å². The first-order chi connectivity index (χ1) is 9.54. The van der Waals surface area contributed by atoms with Gasteiger partial charge < -0.3 is 4.43 Å². The van der Waals surface area contributed by atoms with E-state index in [-0.39, 0.29) is 5.04 Å². The molecular formula is C19H28OSi. The fourth-order valence-electron chi connectivity index (χ4n) is 1.73. The highest BCUT2D eigenvalue weighted by atomic mass is 28.4. The maximum absolute atomic E-state index is 6.37. The van der Waals surface area contributed by atoms with Crippen molar-refractivity contribution in [3.8, 4) is 11.8 Å². The molecule has 0 unspecified atom stereocenters. The molecule has 0 N–H and O–H groups in total. The van der Waals surface area contributed by atoms with Crippen LogP contribution in [0, 0.1) is 11.8 Å². The Balaban J connectivity index is 2.74. The molecule has 114 valence electrons. The van der Waals surface area contributed by atoms with Crippen molar-refractivity contribution in [1.29, 1.82) is 0 Å². The molecule has 2 heteroatoms. The topological polar surface area (TPSA) is 9.23 Å². The number of hydrogen-bond donors (Lipinski definition) is 0. The van der Waals surface area contributed by atoms with Crippen molar-refractivity contribution in [2.24, 2.45) is 0 Å². The normalized spacial score (nSPS) is 13.1. The summed E-state index contributed by atoms with van der Waals surface area (Å²) in [6.07, 6.45) is 3.92. The van der Waals surface area contributed by atoms with E-state index in [1.807, 2.05) is 30.4 Å². The van der Waals surface area contributed by atoms with Gasteiger partial charge in [0.05, 0.1) is 0 Å². The third-order valence-electron chi connectivity index (χ3n) is 3.85. The highest BCUT2D eigenvalue weighted by Gasteiger charge is 2.40. The molecule has 0 amide bonds. The Kier molecular flexibility index (Phi) is 5.61. The summed E-state index contributed by atoms with van der Waals surface area (Å²) in [5.41, 5.74) is 0.749. The van der Waals surface area contributed by atoms with Crippen LogP contribution >= 0.6 is 0 Å². The maximum atomic E-state index is 6.37. The number of allylic oxidation sites excluding steroid dienone is 1. The first kappa shape index (κ1) is 17.7. The quantitative estimate of drug-likeness (QED) is 0.529. The van der Waals surface area contributed by atoms with E-state index in [1.54, 1.807) is 0 Å². The van der Waals surface area contributed by atoms with Gasteiger partial charge in [-0.3, -0.25) is 0 Å². The van der Waals surface area contributed by atoms with Gasteiger partial charge in [0.15, 0.2) is 8.32 Å². The first-order valence-corrected chi connectivity index (χ1v) is 10.4. The van der Waals surface area contributed by atoms with E-state index in [2.05, 4.69) is 71.7 Å². The molecule has 1 rings (SSSR count). The second-order valence-corrected chi connectivity index (χ2v) is 12.1. The summed E-state index contributed by atoms with van der Waals surface area (Å²) in [6, 6.07) is 10.2. The van der Waals surface area contributed by atoms with Crippen LogP contribution in [0.15, 0.2) is 36.4 Å². The van der Waals surface area contributed by atoms with Gasteiger partial charge in [-0.15, -0.1) is 0 Å². The Morgan fingerprint density at radius 2 is 1.57 bits per heavy atom. The zero-order chi connectivity index (χ0) is 16.1. The van der Waals surface area contributed by atoms with Gasteiger partial charge >= 0.3 is 0 Å². The van der Waals surface area contributed by atoms with Crippen LogP contribution in [-0.2, 0) is 4.43 Å². The minimum atomic E-state index is -1.79. The Morgan fingerprint density at radius 1 is 1.00 bits per heavy atom. The third-order valence-corrected chi connectivity index (χ3v) is 8.48. The van der Waals surface area contributed by atoms with Crippen LogP contribution in [0.5, 0.6) is 0 Å². The number of hydrogen-bond acceptors (Lipinski definition) is 1. The molecule has 1 nitrogen and oxygen atoms in total. The molecule has 0 saturated heterocycles. The van der Waals surface area contributed by atoms with Gasteiger partial charge in [-0.25, -0.2) is 0 Å². The van der Waals surface area contributed by atoms with Crippen LogP contribution < -0.4 is 0 Å². The lowest BCUT2D eigenvalue weighted by molar-refractivity contribution is 0.151. The molecule has 0 aliphatic carbocycles. The average molecular weight is 301 g/mol. The van der Waals surface area contributed by atoms with E-state index >= 15 is 0 Å². The molecule has 0 aromatic heterocycles. The third kappa shape index (κ3) is 5.91. The predicted octanol–water partition coefficient (Wildman–Crippen LogP) is 5.50. The first-order valence-electron chi connectivity index (χ1n) is 7.48. The summed E-state index contributed by atoms with van der Waals surface area (Å²) in [5.74, 6) is 6.35. The molecule has 0 spiro atoms. The van der Waals surface area contributed by atoms with Crippen LogP contribution in [-0.4, -0.2) is 13.9 Å². The molecule has 1 aromatic rings. The molecule has 0 fully saturated rings. The van der Waals surface area contributed by atoms with Gasteiger partial charge in [-0.1, -0.05) is 62.9 Å². The summed E-state index contributed by atoms with van der Waals surface area (Å²) in [6.45, 7) is 15.4. The molecule has 1 aromatic carbocycles. The van der Waals surface area contributed by atoms with E-state index in [0.717, 1.165) is 5.56 Å². The van der Waals surface area contributed by atoms with Crippen LogP contribution in [0.1, 0.15) is 40.2 Å². The van der Waals surface area contributed by atoms with Crippen LogP contribution in [0.4, 0.5) is 0 Å². The SMILES string of the molecule is CC(C)(C#C/C=C/c1ccccc1)O[Si](C)(C)C(C)(C)C. The maximum Gasteiger partial charge on any atom is 0.194 e. The van der Waals surface area contributed by atoms with E-state index in [4.69, 9.17) is 4.43 Å². The van der Waals surface area contributed by atoms with Crippen molar-refractivity contribution >= 4 is 14.4 Å². The lowest BCUT2D eigenvalue weighted by Gasteiger charge is -2.40. The molecule has 0 aliphatic heterocycles. The summed E-state index contributed by atoms with van der Waals surface area (Å²) < 4.78 is 6.37. The highest BCUT2D eigenvalue weighted by Crippen LogP contribution is 2.38. The van der Waals surface area contributed by atoms with Crippen molar-refractivity contribution in [3.63, 3.8) is 0 Å². The van der Waals surface area contributed by atoms with Crippen molar-refractivity contribution in [2.45, 2.75) is 58.4 Å². The van der Waals surface area contributed by atoms with Gasteiger partial charge in [0.1, 0.15) is 5.60 Å². The molecule has 0 radical (unpaired) electrons. The van der Waals surface area contributed by atoms with Crippen LogP contribution in [0.2, 0.25) is 18.1 Å². The predicted molar refractivity (Wildman–Crippen MR) is 95.6 cm³/mol. The lowest BCUT2D eigenvalue weighted by atomic mass is 10.1. The smallest absolute Gasteiger partial charge is 0.194 e. The van der Waals surface area contributed by atoms with Gasteiger partial charge in [-0.05, 0) is 49.7 Å². The second kappa shape index (κ2) is 6.64. The molecule has 0 aliphatic rings. The fraction of sp³-hybridized carbons (Fsp3) is 0.474. The molecule has 0 bridgehead atoms. The number of rotatable bonds is 3. The van der Waals surface area contributed by atoms with Crippen molar-refractivity contribution in [3.05, 3.63) is 42.0 Å². The Labute approximate surface area is 131 Å². The molecular weight excluding hydrogens is 272 g/mol. The van der Waals surface area contributed by atoms with Crippen LogP contribution in [0.3, 0.4) is 0 Å². The fourth-order valence-corrected chi connectivity index (χ4v) is 3.37. The Hall–Kier alpha value is -1.30. The largest absolute Gasteiger partial charge is 0.401 e. The molecule has 0 atom stereocenters. The van der Waals surface area contributed by atoms with E-state index < -0.39 is 13.9 Å². The van der Waals surface area contributed by atoms with Crippen molar-refractivity contribution in [2.75, 3.05) is 0 Å². The lowest BCUT2D eigenvalue weighted by Crippen LogP contribution is -2.46. The summed E-state index contributed by atoms with van der Waals surface area (Å²) in [5, 5.41) is 0.200. The second-order valence-electron chi connectivity index (χ2n) is 7.39. The van der Waals surface area contributed by atoms with Crippen molar-refractivity contribution in [1.82, 2.24) is 0 Å².